The van der Waals surface area contributed by atoms with E-state index in [1.807, 2.05) is 4.90 Å². The molecule has 2 bridgehead atoms. The van der Waals surface area contributed by atoms with Crippen molar-refractivity contribution in [2.24, 2.45) is 11.8 Å². The molecule has 1 spiro atoms. The maximum absolute atomic E-state index is 14.4. The maximum Gasteiger partial charge on any atom is 0.312 e. The number of hydrogen-bond acceptors (Lipinski definition) is 6. The summed E-state index contributed by atoms with van der Waals surface area (Å²) in [6, 6.07) is -0.602. The molecule has 8 nitrogen and oxygen atoms in total. The second-order valence-corrected chi connectivity index (χ2v) is 11.0. The monoisotopic (exact) mass is 516 g/mol. The number of unbranched alkanes of at least 4 members (excludes halogenated alkanes) is 3. The summed E-state index contributed by atoms with van der Waals surface area (Å²) in [6.07, 6.45) is 13.3. The highest BCUT2D eigenvalue weighted by Crippen LogP contribution is 2.59. The van der Waals surface area contributed by atoms with Crippen LogP contribution in [0.4, 0.5) is 0 Å². The van der Waals surface area contributed by atoms with Gasteiger partial charge in [0.2, 0.25) is 11.8 Å². The zero-order chi connectivity index (χ0) is 26.4. The van der Waals surface area contributed by atoms with Gasteiger partial charge in [-0.3, -0.25) is 14.4 Å². The van der Waals surface area contributed by atoms with E-state index in [1.54, 1.807) is 17.1 Å². The van der Waals surface area contributed by atoms with Crippen molar-refractivity contribution in [3.63, 3.8) is 0 Å². The second kappa shape index (κ2) is 12.6. The van der Waals surface area contributed by atoms with Crippen molar-refractivity contribution in [1.82, 2.24) is 9.80 Å². The van der Waals surface area contributed by atoms with Gasteiger partial charge in [-0.05, 0) is 44.9 Å². The molecule has 8 heteroatoms. The first-order valence-electron chi connectivity index (χ1n) is 14.3. The van der Waals surface area contributed by atoms with E-state index in [-0.39, 0.29) is 31.1 Å². The molecule has 2 unspecified atom stereocenters. The molecule has 206 valence electrons. The van der Waals surface area contributed by atoms with Crippen LogP contribution in [-0.2, 0) is 23.9 Å². The number of rotatable bonds is 14. The minimum atomic E-state index is -0.986. The summed E-state index contributed by atoms with van der Waals surface area (Å²) in [5.74, 6) is -2.00. The third-order valence-electron chi connectivity index (χ3n) is 8.80. The van der Waals surface area contributed by atoms with Gasteiger partial charge in [0.15, 0.2) is 0 Å². The number of esters is 1. The summed E-state index contributed by atoms with van der Waals surface area (Å²) in [7, 11) is 0. The van der Waals surface area contributed by atoms with Crippen LogP contribution < -0.4 is 0 Å². The van der Waals surface area contributed by atoms with E-state index >= 15 is 0 Å². The van der Waals surface area contributed by atoms with Crippen molar-refractivity contribution in [1.29, 1.82) is 0 Å². The van der Waals surface area contributed by atoms with Gasteiger partial charge in [0.05, 0.1) is 24.5 Å². The lowest BCUT2D eigenvalue weighted by Gasteiger charge is -2.40. The normalized spacial score (nSPS) is 30.8. The van der Waals surface area contributed by atoms with Gasteiger partial charge in [-0.1, -0.05) is 44.3 Å². The Kier molecular flexibility index (Phi) is 9.46. The highest BCUT2D eigenvalue weighted by Gasteiger charge is 2.75. The lowest BCUT2D eigenvalue weighted by Crippen LogP contribution is -2.58. The molecule has 0 aromatic rings. The first kappa shape index (κ1) is 27.8. The lowest BCUT2D eigenvalue weighted by molar-refractivity contribution is -0.155. The molecule has 0 aromatic carbocycles. The minimum Gasteiger partial charge on any atom is -0.465 e. The third-order valence-corrected chi connectivity index (χ3v) is 8.80. The summed E-state index contributed by atoms with van der Waals surface area (Å²) < 4.78 is 12.0. The fourth-order valence-electron chi connectivity index (χ4n) is 7.14. The fraction of sp³-hybridized carbons (Fsp3) is 0.759. The number of hydrogen-bond donors (Lipinski definition) is 1. The SMILES string of the molecule is C=CCCOC(=O)[C@@H]1[C@H]2C(=O)N(CCCCCCO)C(C(=O)N(CC=C)C3CCCCC3)C23CC[C@H]1O3. The highest BCUT2D eigenvalue weighted by atomic mass is 16.6. The molecule has 1 saturated carbocycles. The standard InChI is InChI=1S/C29H44N2O6/c1-3-5-20-36-28(35)23-22-15-16-29(37-22)24(23)26(33)31(18-11-6-7-12-19-32)25(29)27(34)30(17-4-2)21-13-9-8-10-14-21/h3-4,21-25,32H,1-2,5-20H2/t22-,23+,24+,25?,29?/m1/s1. The molecule has 4 aliphatic rings. The molecule has 2 amide bonds. The number of ether oxygens (including phenoxy) is 2. The van der Waals surface area contributed by atoms with Crippen LogP contribution in [0.5, 0.6) is 0 Å². The fourth-order valence-corrected chi connectivity index (χ4v) is 7.14. The van der Waals surface area contributed by atoms with Crippen molar-refractivity contribution >= 4 is 17.8 Å². The zero-order valence-corrected chi connectivity index (χ0v) is 22.2. The van der Waals surface area contributed by atoms with Crippen molar-refractivity contribution < 1.29 is 29.0 Å². The van der Waals surface area contributed by atoms with E-state index in [0.717, 1.165) is 51.4 Å². The molecule has 3 saturated heterocycles. The van der Waals surface area contributed by atoms with Crippen LogP contribution in [-0.4, -0.2) is 82.8 Å². The number of carbonyl (C=O) groups is 3. The smallest absolute Gasteiger partial charge is 0.312 e. The predicted molar refractivity (Wildman–Crippen MR) is 139 cm³/mol. The molecule has 1 N–H and O–H groups in total. The summed E-state index contributed by atoms with van der Waals surface area (Å²) in [4.78, 5) is 45.2. The van der Waals surface area contributed by atoms with Gasteiger partial charge in [0.25, 0.3) is 0 Å². The van der Waals surface area contributed by atoms with Gasteiger partial charge in [-0.25, -0.2) is 0 Å². The second-order valence-electron chi connectivity index (χ2n) is 11.0. The highest BCUT2D eigenvalue weighted by molar-refractivity contribution is 5.98. The Balaban J connectivity index is 1.62. The molecular formula is C29H44N2O6. The molecule has 0 aromatic heterocycles. The van der Waals surface area contributed by atoms with Crippen LogP contribution in [0.2, 0.25) is 0 Å². The first-order chi connectivity index (χ1) is 18.0. The Morgan fingerprint density at radius 1 is 1.11 bits per heavy atom. The van der Waals surface area contributed by atoms with Crippen LogP contribution in [0, 0.1) is 11.8 Å². The van der Waals surface area contributed by atoms with E-state index in [1.165, 1.54) is 6.42 Å². The van der Waals surface area contributed by atoms with E-state index in [9.17, 15) is 14.4 Å². The number of carbonyl (C=O) groups excluding carboxylic acids is 3. The van der Waals surface area contributed by atoms with E-state index in [0.29, 0.717) is 32.4 Å². The lowest BCUT2D eigenvalue weighted by atomic mass is 9.70. The summed E-state index contributed by atoms with van der Waals surface area (Å²) >= 11 is 0. The molecule has 3 aliphatic heterocycles. The summed E-state index contributed by atoms with van der Waals surface area (Å²) in [5, 5.41) is 9.12. The number of amides is 2. The van der Waals surface area contributed by atoms with Crippen LogP contribution in [0.15, 0.2) is 25.3 Å². The Hall–Kier alpha value is -2.19. The predicted octanol–water partition coefficient (Wildman–Crippen LogP) is 3.38. The van der Waals surface area contributed by atoms with Crippen molar-refractivity contribution in [2.45, 2.75) is 101 Å². The molecule has 0 radical (unpaired) electrons. The minimum absolute atomic E-state index is 0.0701. The van der Waals surface area contributed by atoms with E-state index < -0.39 is 35.6 Å². The summed E-state index contributed by atoms with van der Waals surface area (Å²) in [6.45, 7) is 8.84. The molecule has 37 heavy (non-hydrogen) atoms. The van der Waals surface area contributed by atoms with Crippen molar-refractivity contribution in [3.05, 3.63) is 25.3 Å². The molecule has 4 rings (SSSR count). The number of aliphatic hydroxyl groups excluding tert-OH is 1. The average molecular weight is 517 g/mol. The topological polar surface area (TPSA) is 96.4 Å². The van der Waals surface area contributed by atoms with Gasteiger partial charge >= 0.3 is 5.97 Å². The summed E-state index contributed by atoms with van der Waals surface area (Å²) in [5.41, 5.74) is -0.986. The largest absolute Gasteiger partial charge is 0.465 e. The van der Waals surface area contributed by atoms with Crippen LogP contribution in [0.25, 0.3) is 0 Å². The molecule has 4 fully saturated rings. The molecule has 3 heterocycles. The number of nitrogens with zero attached hydrogens (tertiary/aromatic N) is 2. The molecular weight excluding hydrogens is 472 g/mol. The molecule has 5 atom stereocenters. The van der Waals surface area contributed by atoms with Crippen molar-refractivity contribution in [3.8, 4) is 0 Å². The van der Waals surface area contributed by atoms with Gasteiger partial charge < -0.3 is 24.4 Å². The number of likely N-dealkylation sites (tertiary alicyclic amines) is 1. The Morgan fingerprint density at radius 3 is 2.57 bits per heavy atom. The Bertz CT molecular complexity index is 855. The van der Waals surface area contributed by atoms with Gasteiger partial charge in [-0.15, -0.1) is 13.2 Å². The van der Waals surface area contributed by atoms with E-state index in [4.69, 9.17) is 14.6 Å². The maximum atomic E-state index is 14.4. The van der Waals surface area contributed by atoms with Crippen molar-refractivity contribution in [2.75, 3.05) is 26.3 Å². The van der Waals surface area contributed by atoms with E-state index in [2.05, 4.69) is 13.2 Å². The average Bonchev–Trinajstić information content (AvgIpc) is 3.55. The third kappa shape index (κ3) is 5.37. The van der Waals surface area contributed by atoms with Gasteiger partial charge in [-0.2, -0.15) is 0 Å². The quantitative estimate of drug-likeness (QED) is 0.216. The number of fused-ring (bicyclic) bond motifs is 1. The first-order valence-corrected chi connectivity index (χ1v) is 14.3. The van der Waals surface area contributed by atoms with Gasteiger partial charge in [0.1, 0.15) is 11.6 Å². The van der Waals surface area contributed by atoms with Crippen LogP contribution in [0.3, 0.4) is 0 Å². The zero-order valence-electron chi connectivity index (χ0n) is 22.2. The van der Waals surface area contributed by atoms with Crippen LogP contribution >= 0.6 is 0 Å². The number of aliphatic hydroxyl groups is 1. The Labute approximate surface area is 221 Å². The Morgan fingerprint density at radius 2 is 1.86 bits per heavy atom. The van der Waals surface area contributed by atoms with Gasteiger partial charge in [0, 0.05) is 25.7 Å². The van der Waals surface area contributed by atoms with Crippen LogP contribution in [0.1, 0.15) is 77.0 Å². The molecule has 1 aliphatic carbocycles.